The molecule has 1 N–H and O–H groups in total. The van der Waals surface area contributed by atoms with Crippen molar-refractivity contribution in [2.75, 3.05) is 37.4 Å². The van der Waals surface area contributed by atoms with E-state index in [1.807, 2.05) is 0 Å². The highest BCUT2D eigenvalue weighted by Gasteiger charge is 2.23. The molecular weight excluding hydrogens is 421 g/mol. The van der Waals surface area contributed by atoms with E-state index in [2.05, 4.69) is 16.5 Å². The predicted octanol–water partition coefficient (Wildman–Crippen LogP) is 3.57. The van der Waals surface area contributed by atoms with Gasteiger partial charge in [0.25, 0.3) is 15.9 Å². The number of benzene rings is 2. The Bertz CT molecular complexity index is 974. The highest BCUT2D eigenvalue weighted by atomic mass is 35.5. The molecule has 3 rings (SSSR count). The van der Waals surface area contributed by atoms with Crippen LogP contribution in [-0.2, 0) is 10.0 Å². The summed E-state index contributed by atoms with van der Waals surface area (Å²) in [6.45, 7) is 6.04. The first kappa shape index (κ1) is 20.9. The quantitative estimate of drug-likeness (QED) is 0.769. The SMILES string of the molecule is CCN1CCN(C(=O)c2cccc(NS(=O)(=O)c3cc(Cl)ccc3Cl)c2)CC1. The van der Waals surface area contributed by atoms with Gasteiger partial charge in [-0.2, -0.15) is 0 Å². The summed E-state index contributed by atoms with van der Waals surface area (Å²) in [5.74, 6) is -0.113. The van der Waals surface area contributed by atoms with E-state index in [0.29, 0.717) is 18.7 Å². The van der Waals surface area contributed by atoms with E-state index in [-0.39, 0.29) is 26.5 Å². The first-order valence-electron chi connectivity index (χ1n) is 8.89. The summed E-state index contributed by atoms with van der Waals surface area (Å²) >= 11 is 11.9. The molecule has 0 unspecified atom stereocenters. The van der Waals surface area contributed by atoms with Gasteiger partial charge in [-0.1, -0.05) is 36.2 Å². The number of nitrogens with one attached hydrogen (secondary N) is 1. The molecule has 0 aromatic heterocycles. The van der Waals surface area contributed by atoms with Gasteiger partial charge in [0.05, 0.1) is 5.02 Å². The Labute approximate surface area is 175 Å². The Balaban J connectivity index is 1.78. The molecule has 1 heterocycles. The van der Waals surface area contributed by atoms with Crippen LogP contribution < -0.4 is 4.72 Å². The zero-order valence-corrected chi connectivity index (χ0v) is 17.7. The topological polar surface area (TPSA) is 69.7 Å². The van der Waals surface area contributed by atoms with Crippen LogP contribution in [0.15, 0.2) is 47.4 Å². The number of piperazine rings is 1. The summed E-state index contributed by atoms with van der Waals surface area (Å²) in [6, 6.07) is 10.7. The van der Waals surface area contributed by atoms with Gasteiger partial charge < -0.3 is 9.80 Å². The lowest BCUT2D eigenvalue weighted by atomic mass is 10.1. The van der Waals surface area contributed by atoms with Crippen molar-refractivity contribution in [3.8, 4) is 0 Å². The number of sulfonamides is 1. The molecule has 2 aromatic rings. The van der Waals surface area contributed by atoms with Crippen LogP contribution in [0.2, 0.25) is 10.0 Å². The van der Waals surface area contributed by atoms with E-state index < -0.39 is 10.0 Å². The molecule has 1 aliphatic rings. The number of rotatable bonds is 5. The summed E-state index contributed by atoms with van der Waals surface area (Å²) in [4.78, 5) is 16.7. The standard InChI is InChI=1S/C19H21Cl2N3O3S/c1-2-23-8-10-24(11-9-23)19(25)14-4-3-5-16(12-14)22-28(26,27)18-13-15(20)6-7-17(18)21/h3-7,12-13,22H,2,8-11H2,1H3. The van der Waals surface area contributed by atoms with Crippen molar-refractivity contribution >= 4 is 44.8 Å². The maximum absolute atomic E-state index is 12.8. The zero-order chi connectivity index (χ0) is 20.3. The van der Waals surface area contributed by atoms with Crippen LogP contribution in [-0.4, -0.2) is 56.8 Å². The van der Waals surface area contributed by atoms with Crippen molar-refractivity contribution in [1.82, 2.24) is 9.80 Å². The van der Waals surface area contributed by atoms with Crippen LogP contribution in [0.5, 0.6) is 0 Å². The van der Waals surface area contributed by atoms with Gasteiger partial charge in [0.1, 0.15) is 4.90 Å². The fourth-order valence-electron chi connectivity index (χ4n) is 3.06. The lowest BCUT2D eigenvalue weighted by molar-refractivity contribution is 0.0643. The van der Waals surface area contributed by atoms with Gasteiger partial charge in [-0.25, -0.2) is 8.42 Å². The largest absolute Gasteiger partial charge is 0.336 e. The Hall–Kier alpha value is -1.80. The van der Waals surface area contributed by atoms with Crippen LogP contribution in [0.25, 0.3) is 0 Å². The molecular formula is C19H21Cl2N3O3S. The van der Waals surface area contributed by atoms with Gasteiger partial charge >= 0.3 is 0 Å². The Morgan fingerprint density at radius 2 is 1.79 bits per heavy atom. The van der Waals surface area contributed by atoms with Crippen LogP contribution in [0.3, 0.4) is 0 Å². The fraction of sp³-hybridized carbons (Fsp3) is 0.316. The van der Waals surface area contributed by atoms with E-state index >= 15 is 0 Å². The number of carbonyl (C=O) groups excluding carboxylic acids is 1. The van der Waals surface area contributed by atoms with Crippen LogP contribution >= 0.6 is 23.2 Å². The first-order valence-corrected chi connectivity index (χ1v) is 11.1. The average Bonchev–Trinajstić information content (AvgIpc) is 2.69. The number of hydrogen-bond acceptors (Lipinski definition) is 4. The van der Waals surface area contributed by atoms with Crippen molar-refractivity contribution in [2.24, 2.45) is 0 Å². The fourth-order valence-corrected chi connectivity index (χ4v) is 4.87. The Morgan fingerprint density at radius 1 is 1.07 bits per heavy atom. The number of likely N-dealkylation sites (N-methyl/N-ethyl adjacent to an activating group) is 1. The minimum Gasteiger partial charge on any atom is -0.336 e. The van der Waals surface area contributed by atoms with E-state index in [1.165, 1.54) is 24.3 Å². The molecule has 9 heteroatoms. The highest BCUT2D eigenvalue weighted by Crippen LogP contribution is 2.27. The molecule has 0 atom stereocenters. The molecule has 1 saturated heterocycles. The summed E-state index contributed by atoms with van der Waals surface area (Å²) in [6.07, 6.45) is 0. The number of amides is 1. The monoisotopic (exact) mass is 441 g/mol. The number of anilines is 1. The van der Waals surface area contributed by atoms with E-state index in [0.717, 1.165) is 19.6 Å². The van der Waals surface area contributed by atoms with Crippen molar-refractivity contribution in [2.45, 2.75) is 11.8 Å². The molecule has 0 bridgehead atoms. The maximum atomic E-state index is 12.8. The summed E-state index contributed by atoms with van der Waals surface area (Å²) in [5.41, 5.74) is 0.719. The average molecular weight is 442 g/mol. The van der Waals surface area contributed by atoms with Gasteiger partial charge in [0.2, 0.25) is 0 Å². The van der Waals surface area contributed by atoms with Gasteiger partial charge in [-0.3, -0.25) is 9.52 Å². The second kappa shape index (κ2) is 8.69. The molecule has 0 saturated carbocycles. The number of hydrogen-bond donors (Lipinski definition) is 1. The molecule has 1 amide bonds. The smallest absolute Gasteiger partial charge is 0.263 e. The molecule has 28 heavy (non-hydrogen) atoms. The number of halogens is 2. The molecule has 2 aromatic carbocycles. The minimum atomic E-state index is -3.94. The third kappa shape index (κ3) is 4.78. The van der Waals surface area contributed by atoms with E-state index in [1.54, 1.807) is 23.1 Å². The third-order valence-corrected chi connectivity index (χ3v) is 6.75. The van der Waals surface area contributed by atoms with Crippen molar-refractivity contribution in [1.29, 1.82) is 0 Å². The van der Waals surface area contributed by atoms with Crippen molar-refractivity contribution in [3.05, 3.63) is 58.1 Å². The second-order valence-electron chi connectivity index (χ2n) is 6.49. The Morgan fingerprint density at radius 3 is 2.46 bits per heavy atom. The van der Waals surface area contributed by atoms with Crippen LogP contribution in [0.4, 0.5) is 5.69 Å². The molecule has 0 spiro atoms. The number of carbonyl (C=O) groups is 1. The Kier molecular flexibility index (Phi) is 6.50. The van der Waals surface area contributed by atoms with Crippen LogP contribution in [0.1, 0.15) is 17.3 Å². The van der Waals surface area contributed by atoms with Gasteiger partial charge in [0.15, 0.2) is 0 Å². The maximum Gasteiger partial charge on any atom is 0.263 e. The van der Waals surface area contributed by atoms with Gasteiger partial charge in [-0.15, -0.1) is 0 Å². The van der Waals surface area contributed by atoms with E-state index in [4.69, 9.17) is 23.2 Å². The summed E-state index contributed by atoms with van der Waals surface area (Å²) in [5, 5.41) is 0.331. The molecule has 0 radical (unpaired) electrons. The van der Waals surface area contributed by atoms with Gasteiger partial charge in [-0.05, 0) is 42.9 Å². The zero-order valence-electron chi connectivity index (χ0n) is 15.4. The lowest BCUT2D eigenvalue weighted by Gasteiger charge is -2.34. The second-order valence-corrected chi connectivity index (χ2v) is 8.98. The van der Waals surface area contributed by atoms with E-state index in [9.17, 15) is 13.2 Å². The normalized spacial score (nSPS) is 15.5. The summed E-state index contributed by atoms with van der Waals surface area (Å²) in [7, 11) is -3.94. The molecule has 150 valence electrons. The molecule has 6 nitrogen and oxygen atoms in total. The van der Waals surface area contributed by atoms with Gasteiger partial charge in [0, 0.05) is 42.5 Å². The van der Waals surface area contributed by atoms with Crippen LogP contribution in [0, 0.1) is 0 Å². The lowest BCUT2D eigenvalue weighted by Crippen LogP contribution is -2.48. The highest BCUT2D eigenvalue weighted by molar-refractivity contribution is 7.92. The summed E-state index contributed by atoms with van der Waals surface area (Å²) < 4.78 is 27.8. The predicted molar refractivity (Wildman–Crippen MR) is 112 cm³/mol. The third-order valence-electron chi connectivity index (χ3n) is 4.65. The molecule has 1 aliphatic heterocycles. The number of nitrogens with zero attached hydrogens (tertiary/aromatic N) is 2. The molecule has 1 fully saturated rings. The van der Waals surface area contributed by atoms with Crippen molar-refractivity contribution < 1.29 is 13.2 Å². The minimum absolute atomic E-state index is 0.0675. The van der Waals surface area contributed by atoms with Crippen molar-refractivity contribution in [3.63, 3.8) is 0 Å². The molecule has 0 aliphatic carbocycles. The first-order chi connectivity index (χ1) is 13.3.